The topological polar surface area (TPSA) is 72.4 Å². The van der Waals surface area contributed by atoms with Crippen molar-refractivity contribution in [3.8, 4) is 11.5 Å². The van der Waals surface area contributed by atoms with Crippen molar-refractivity contribution in [2.75, 3.05) is 0 Å². The van der Waals surface area contributed by atoms with Gasteiger partial charge in [0, 0.05) is 12.2 Å². The molecule has 0 radical (unpaired) electrons. The maximum atomic E-state index is 12.3. The molecule has 6 nitrogen and oxygen atoms in total. The molecule has 0 fully saturated rings. The fourth-order valence-electron chi connectivity index (χ4n) is 2.21. The molecule has 3 aromatic rings. The summed E-state index contributed by atoms with van der Waals surface area (Å²) >= 11 is 0. The summed E-state index contributed by atoms with van der Waals surface area (Å²) in [7, 11) is 0. The van der Waals surface area contributed by atoms with Crippen molar-refractivity contribution in [1.29, 1.82) is 0 Å². The molecule has 3 rings (SSSR count). The smallest absolute Gasteiger partial charge is 0.256 e. The maximum Gasteiger partial charge on any atom is 0.256 e. The number of carbonyl (C=O) groups is 1. The van der Waals surface area contributed by atoms with Gasteiger partial charge in [-0.1, -0.05) is 6.92 Å². The molecule has 0 aliphatic rings. The monoisotopic (exact) mass is 298 g/mol. The Morgan fingerprint density at radius 1 is 1.41 bits per heavy atom. The van der Waals surface area contributed by atoms with Crippen LogP contribution in [0, 0.1) is 6.92 Å². The summed E-state index contributed by atoms with van der Waals surface area (Å²) in [6.07, 6.45) is 4.07. The van der Waals surface area contributed by atoms with E-state index in [1.54, 1.807) is 16.9 Å². The Balaban J connectivity index is 2.04. The summed E-state index contributed by atoms with van der Waals surface area (Å²) in [6.45, 7) is 5.88. The highest BCUT2D eigenvalue weighted by Crippen LogP contribution is 2.23. The third-order valence-electron chi connectivity index (χ3n) is 3.63. The van der Waals surface area contributed by atoms with Crippen molar-refractivity contribution in [2.24, 2.45) is 0 Å². The number of amides is 1. The van der Waals surface area contributed by atoms with E-state index in [9.17, 15) is 4.79 Å². The van der Waals surface area contributed by atoms with Gasteiger partial charge in [-0.2, -0.15) is 5.10 Å². The van der Waals surface area contributed by atoms with Gasteiger partial charge in [0.2, 0.25) is 0 Å². The van der Waals surface area contributed by atoms with Gasteiger partial charge in [0.25, 0.3) is 5.91 Å². The minimum absolute atomic E-state index is 0.110. The standard InChI is InChI=1S/C16H18N4O2/c1-4-10(2)19-16(21)12-9-18-20-13(7-8-17-15(12)20)14-6-5-11(3)22-14/h5-10H,4H2,1-3H3,(H,19,21). The van der Waals surface area contributed by atoms with E-state index in [1.807, 2.05) is 39.0 Å². The van der Waals surface area contributed by atoms with Crippen LogP contribution in [-0.4, -0.2) is 26.5 Å². The molecule has 3 heterocycles. The second-order valence-corrected chi connectivity index (χ2v) is 5.32. The van der Waals surface area contributed by atoms with Gasteiger partial charge >= 0.3 is 0 Å². The first-order valence-corrected chi connectivity index (χ1v) is 7.30. The summed E-state index contributed by atoms with van der Waals surface area (Å²) in [5, 5.41) is 7.22. The van der Waals surface area contributed by atoms with Gasteiger partial charge in [-0.3, -0.25) is 4.79 Å². The molecule has 0 aliphatic carbocycles. The van der Waals surface area contributed by atoms with Gasteiger partial charge in [-0.15, -0.1) is 0 Å². The molecule has 6 heteroatoms. The van der Waals surface area contributed by atoms with E-state index in [-0.39, 0.29) is 11.9 Å². The first-order valence-electron chi connectivity index (χ1n) is 7.30. The highest BCUT2D eigenvalue weighted by Gasteiger charge is 2.18. The zero-order valence-electron chi connectivity index (χ0n) is 12.8. The van der Waals surface area contributed by atoms with Gasteiger partial charge in [0.05, 0.1) is 6.20 Å². The molecule has 3 aromatic heterocycles. The van der Waals surface area contributed by atoms with Gasteiger partial charge in [0.15, 0.2) is 11.4 Å². The largest absolute Gasteiger partial charge is 0.460 e. The number of rotatable bonds is 4. The van der Waals surface area contributed by atoms with Gasteiger partial charge in [0.1, 0.15) is 17.0 Å². The predicted octanol–water partition coefficient (Wildman–Crippen LogP) is 2.83. The summed E-state index contributed by atoms with van der Waals surface area (Å²) in [5.41, 5.74) is 1.75. The molecule has 0 saturated heterocycles. The molecule has 0 bridgehead atoms. The first kappa shape index (κ1) is 14.3. The van der Waals surface area contributed by atoms with E-state index in [0.717, 1.165) is 17.9 Å². The van der Waals surface area contributed by atoms with Crippen LogP contribution in [0.5, 0.6) is 0 Å². The fourth-order valence-corrected chi connectivity index (χ4v) is 2.21. The van der Waals surface area contributed by atoms with Crippen molar-refractivity contribution in [3.63, 3.8) is 0 Å². The summed E-state index contributed by atoms with van der Waals surface area (Å²) < 4.78 is 7.27. The number of hydrogen-bond donors (Lipinski definition) is 1. The molecular weight excluding hydrogens is 280 g/mol. The SMILES string of the molecule is CCC(C)NC(=O)c1cnn2c(-c3ccc(C)o3)ccnc12. The Bertz CT molecular complexity index is 819. The molecule has 22 heavy (non-hydrogen) atoms. The molecule has 1 unspecified atom stereocenters. The summed E-state index contributed by atoms with van der Waals surface area (Å²) in [5.74, 6) is 1.35. The molecule has 1 amide bonds. The highest BCUT2D eigenvalue weighted by atomic mass is 16.3. The van der Waals surface area contributed by atoms with E-state index in [2.05, 4.69) is 15.4 Å². The van der Waals surface area contributed by atoms with E-state index in [0.29, 0.717) is 17.0 Å². The molecule has 1 N–H and O–H groups in total. The normalized spacial score (nSPS) is 12.5. The Hall–Kier alpha value is -2.63. The number of hydrogen-bond acceptors (Lipinski definition) is 4. The van der Waals surface area contributed by atoms with E-state index in [1.165, 1.54) is 0 Å². The van der Waals surface area contributed by atoms with Crippen LogP contribution < -0.4 is 5.32 Å². The van der Waals surface area contributed by atoms with E-state index < -0.39 is 0 Å². The van der Waals surface area contributed by atoms with Crippen molar-refractivity contribution in [2.45, 2.75) is 33.2 Å². The van der Waals surface area contributed by atoms with Gasteiger partial charge < -0.3 is 9.73 Å². The average molecular weight is 298 g/mol. The van der Waals surface area contributed by atoms with Crippen molar-refractivity contribution in [3.05, 3.63) is 41.9 Å². The van der Waals surface area contributed by atoms with Crippen molar-refractivity contribution < 1.29 is 9.21 Å². The van der Waals surface area contributed by atoms with Crippen LogP contribution in [-0.2, 0) is 0 Å². The first-order chi connectivity index (χ1) is 10.6. The maximum absolute atomic E-state index is 12.3. The van der Waals surface area contributed by atoms with Crippen molar-refractivity contribution in [1.82, 2.24) is 19.9 Å². The summed E-state index contributed by atoms with van der Waals surface area (Å²) in [6, 6.07) is 5.69. The lowest BCUT2D eigenvalue weighted by Gasteiger charge is -2.10. The van der Waals surface area contributed by atoms with Crippen LogP contribution in [0.1, 0.15) is 36.4 Å². The third kappa shape index (κ3) is 2.47. The number of aromatic nitrogens is 3. The highest BCUT2D eigenvalue weighted by molar-refractivity contribution is 6.00. The lowest BCUT2D eigenvalue weighted by molar-refractivity contribution is 0.0940. The minimum Gasteiger partial charge on any atom is -0.460 e. The third-order valence-corrected chi connectivity index (χ3v) is 3.63. The van der Waals surface area contributed by atoms with E-state index in [4.69, 9.17) is 4.42 Å². The Labute approximate surface area is 128 Å². The molecule has 0 saturated carbocycles. The van der Waals surface area contributed by atoms with Crippen molar-refractivity contribution >= 4 is 11.6 Å². The summed E-state index contributed by atoms with van der Waals surface area (Å²) in [4.78, 5) is 16.6. The lowest BCUT2D eigenvalue weighted by atomic mass is 10.2. The van der Waals surface area contributed by atoms with Crippen LogP contribution >= 0.6 is 0 Å². The number of nitrogens with zero attached hydrogens (tertiary/aromatic N) is 3. The van der Waals surface area contributed by atoms with Crippen LogP contribution in [0.3, 0.4) is 0 Å². The molecular formula is C16H18N4O2. The number of nitrogens with one attached hydrogen (secondary N) is 1. The van der Waals surface area contributed by atoms with Crippen LogP contribution in [0.15, 0.2) is 35.0 Å². The second-order valence-electron chi connectivity index (χ2n) is 5.32. The predicted molar refractivity (Wildman–Crippen MR) is 82.6 cm³/mol. The average Bonchev–Trinajstić information content (AvgIpc) is 3.12. The fraction of sp³-hybridized carbons (Fsp3) is 0.312. The number of carbonyl (C=O) groups excluding carboxylic acids is 1. The Kier molecular flexibility index (Phi) is 3.66. The number of furan rings is 1. The van der Waals surface area contributed by atoms with Crippen LogP contribution in [0.25, 0.3) is 17.1 Å². The number of fused-ring (bicyclic) bond motifs is 1. The second kappa shape index (κ2) is 5.63. The van der Waals surface area contributed by atoms with Gasteiger partial charge in [-0.25, -0.2) is 9.50 Å². The lowest BCUT2D eigenvalue weighted by Crippen LogP contribution is -2.31. The van der Waals surface area contributed by atoms with Gasteiger partial charge in [-0.05, 0) is 38.5 Å². The zero-order chi connectivity index (χ0) is 15.7. The molecule has 1 atom stereocenters. The molecule has 0 spiro atoms. The van der Waals surface area contributed by atoms with Crippen LogP contribution in [0.4, 0.5) is 0 Å². The Morgan fingerprint density at radius 3 is 2.91 bits per heavy atom. The molecule has 0 aromatic carbocycles. The van der Waals surface area contributed by atoms with E-state index >= 15 is 0 Å². The van der Waals surface area contributed by atoms with Crippen LogP contribution in [0.2, 0.25) is 0 Å². The quantitative estimate of drug-likeness (QED) is 0.804. The molecule has 114 valence electrons. The Morgan fingerprint density at radius 2 is 2.23 bits per heavy atom. The number of aryl methyl sites for hydroxylation is 1. The zero-order valence-corrected chi connectivity index (χ0v) is 12.8. The molecule has 0 aliphatic heterocycles. The minimum atomic E-state index is -0.162.